The maximum atomic E-state index is 5.81. The fourth-order valence-electron chi connectivity index (χ4n) is 1.22. The van der Waals surface area contributed by atoms with Crippen molar-refractivity contribution in [1.82, 2.24) is 0 Å². The van der Waals surface area contributed by atoms with Crippen LogP contribution in [0.3, 0.4) is 0 Å². The molecule has 0 radical (unpaired) electrons. The molecule has 0 aliphatic heterocycles. The van der Waals surface area contributed by atoms with Crippen LogP contribution in [0.1, 0.15) is 5.76 Å². The van der Waals surface area contributed by atoms with Crippen LogP contribution >= 0.6 is 11.6 Å². The van der Waals surface area contributed by atoms with Crippen LogP contribution in [-0.2, 0) is 11.4 Å². The normalized spacial score (nSPS) is 10.9. The van der Waals surface area contributed by atoms with Gasteiger partial charge in [-0.15, -0.1) is 0 Å². The van der Waals surface area contributed by atoms with Gasteiger partial charge in [0.05, 0.1) is 0 Å². The molecule has 13 heavy (non-hydrogen) atoms. The van der Waals surface area contributed by atoms with Gasteiger partial charge in [0.1, 0.15) is 18.0 Å². The Bertz CT molecular complexity index is 424. The Kier molecular flexibility index (Phi) is 2.22. The lowest BCUT2D eigenvalue weighted by atomic mass is 10.2. The van der Waals surface area contributed by atoms with Gasteiger partial charge in [-0.05, 0) is 24.3 Å². The molecule has 2 aromatic rings. The van der Waals surface area contributed by atoms with E-state index >= 15 is 0 Å². The van der Waals surface area contributed by atoms with E-state index in [-0.39, 0.29) is 6.61 Å². The third-order valence-corrected chi connectivity index (χ3v) is 1.99. The van der Waals surface area contributed by atoms with Crippen LogP contribution in [0.25, 0.3) is 11.0 Å². The van der Waals surface area contributed by atoms with Gasteiger partial charge in [0.2, 0.25) is 0 Å². The Labute approximate surface area is 80.0 Å². The van der Waals surface area contributed by atoms with Gasteiger partial charge in [0, 0.05) is 10.4 Å². The number of hydrogen-bond acceptors (Lipinski definition) is 3. The Morgan fingerprint density at radius 3 is 3.00 bits per heavy atom. The lowest BCUT2D eigenvalue weighted by molar-refractivity contribution is 0.110. The van der Waals surface area contributed by atoms with E-state index in [1.165, 1.54) is 0 Å². The van der Waals surface area contributed by atoms with E-state index < -0.39 is 0 Å². The smallest absolute Gasteiger partial charge is 0.134 e. The zero-order valence-electron chi connectivity index (χ0n) is 6.79. The largest absolute Gasteiger partial charge is 0.459 e. The topological polar surface area (TPSA) is 48.4 Å². The highest BCUT2D eigenvalue weighted by Crippen LogP contribution is 2.23. The van der Waals surface area contributed by atoms with Gasteiger partial charge in [-0.1, -0.05) is 11.6 Å². The number of halogens is 1. The first-order chi connectivity index (χ1) is 6.29. The molecule has 2 N–H and O–H groups in total. The molecular formula is C9H8ClNO2. The zero-order chi connectivity index (χ0) is 9.26. The summed E-state index contributed by atoms with van der Waals surface area (Å²) in [5.74, 6) is 5.62. The van der Waals surface area contributed by atoms with E-state index in [2.05, 4.69) is 4.84 Å². The summed E-state index contributed by atoms with van der Waals surface area (Å²) in [5.41, 5.74) is 0.788. The molecule has 0 saturated carbocycles. The summed E-state index contributed by atoms with van der Waals surface area (Å²) in [7, 11) is 0. The highest BCUT2D eigenvalue weighted by molar-refractivity contribution is 6.31. The molecule has 0 amide bonds. The predicted molar refractivity (Wildman–Crippen MR) is 50.2 cm³/mol. The number of rotatable bonds is 2. The fraction of sp³-hybridized carbons (Fsp3) is 0.111. The summed E-state index contributed by atoms with van der Waals surface area (Å²) < 4.78 is 5.40. The van der Waals surface area contributed by atoms with Crippen LogP contribution in [0, 0.1) is 0 Å². The summed E-state index contributed by atoms with van der Waals surface area (Å²) in [6.07, 6.45) is 0. The van der Waals surface area contributed by atoms with Gasteiger partial charge in [0.15, 0.2) is 0 Å². The summed E-state index contributed by atoms with van der Waals surface area (Å²) in [5, 5.41) is 1.65. The van der Waals surface area contributed by atoms with Gasteiger partial charge >= 0.3 is 0 Å². The molecule has 4 heteroatoms. The highest BCUT2D eigenvalue weighted by Gasteiger charge is 2.03. The summed E-state index contributed by atoms with van der Waals surface area (Å²) in [6.45, 7) is 0.270. The monoisotopic (exact) mass is 197 g/mol. The Morgan fingerprint density at radius 2 is 2.23 bits per heavy atom. The van der Waals surface area contributed by atoms with E-state index in [9.17, 15) is 0 Å². The molecule has 0 atom stereocenters. The molecule has 68 valence electrons. The first-order valence-corrected chi connectivity index (χ1v) is 4.17. The quantitative estimate of drug-likeness (QED) is 0.753. The fourth-order valence-corrected chi connectivity index (χ4v) is 1.40. The van der Waals surface area contributed by atoms with E-state index in [4.69, 9.17) is 21.9 Å². The standard InChI is InChI=1S/C9H8ClNO2/c10-7-1-2-9-6(3-7)4-8(13-9)5-12-11/h1-4H,5,11H2. The van der Waals surface area contributed by atoms with Crippen LogP contribution in [0.15, 0.2) is 28.7 Å². The van der Waals surface area contributed by atoms with Crippen molar-refractivity contribution in [1.29, 1.82) is 0 Å². The van der Waals surface area contributed by atoms with Gasteiger partial charge in [0.25, 0.3) is 0 Å². The number of fused-ring (bicyclic) bond motifs is 1. The molecular weight excluding hydrogens is 190 g/mol. The van der Waals surface area contributed by atoms with Crippen LogP contribution in [0.4, 0.5) is 0 Å². The summed E-state index contributed by atoms with van der Waals surface area (Å²) in [4.78, 5) is 4.46. The number of benzene rings is 1. The van der Waals surface area contributed by atoms with Crippen molar-refractivity contribution in [2.45, 2.75) is 6.61 Å². The van der Waals surface area contributed by atoms with Crippen molar-refractivity contribution in [3.63, 3.8) is 0 Å². The van der Waals surface area contributed by atoms with Gasteiger partial charge in [-0.3, -0.25) is 4.84 Å². The number of nitrogens with two attached hydrogens (primary N) is 1. The minimum absolute atomic E-state index is 0.270. The molecule has 1 aromatic heterocycles. The zero-order valence-corrected chi connectivity index (χ0v) is 7.54. The molecule has 1 aromatic carbocycles. The van der Waals surface area contributed by atoms with Crippen LogP contribution in [0.2, 0.25) is 5.02 Å². The second-order valence-electron chi connectivity index (χ2n) is 2.71. The van der Waals surface area contributed by atoms with E-state index in [1.54, 1.807) is 6.07 Å². The molecule has 0 aliphatic rings. The van der Waals surface area contributed by atoms with E-state index in [0.29, 0.717) is 10.8 Å². The summed E-state index contributed by atoms with van der Waals surface area (Å²) in [6, 6.07) is 7.28. The average molecular weight is 198 g/mol. The van der Waals surface area contributed by atoms with Crippen molar-refractivity contribution in [3.05, 3.63) is 35.0 Å². The Balaban J connectivity index is 2.49. The van der Waals surface area contributed by atoms with Crippen LogP contribution in [0.5, 0.6) is 0 Å². The number of furan rings is 1. The van der Waals surface area contributed by atoms with Crippen molar-refractivity contribution >= 4 is 22.6 Å². The van der Waals surface area contributed by atoms with Crippen molar-refractivity contribution in [2.75, 3.05) is 0 Å². The van der Waals surface area contributed by atoms with Crippen molar-refractivity contribution < 1.29 is 9.25 Å². The van der Waals surface area contributed by atoms with Gasteiger partial charge in [-0.2, -0.15) is 0 Å². The van der Waals surface area contributed by atoms with E-state index in [0.717, 1.165) is 11.0 Å². The minimum Gasteiger partial charge on any atom is -0.459 e. The second-order valence-corrected chi connectivity index (χ2v) is 3.14. The first kappa shape index (κ1) is 8.56. The van der Waals surface area contributed by atoms with Gasteiger partial charge < -0.3 is 4.42 Å². The molecule has 3 nitrogen and oxygen atoms in total. The Hall–Kier alpha value is -1.03. The lowest BCUT2D eigenvalue weighted by Crippen LogP contribution is -1.96. The Morgan fingerprint density at radius 1 is 1.38 bits per heavy atom. The van der Waals surface area contributed by atoms with Crippen molar-refractivity contribution in [3.8, 4) is 0 Å². The number of hydrogen-bond donors (Lipinski definition) is 1. The molecule has 2 rings (SSSR count). The molecule has 0 aliphatic carbocycles. The predicted octanol–water partition coefficient (Wildman–Crippen LogP) is 2.48. The highest BCUT2D eigenvalue weighted by atomic mass is 35.5. The molecule has 0 unspecified atom stereocenters. The first-order valence-electron chi connectivity index (χ1n) is 3.79. The molecule has 0 saturated heterocycles. The molecule has 1 heterocycles. The molecule has 0 spiro atoms. The maximum absolute atomic E-state index is 5.81. The average Bonchev–Trinajstić information content (AvgIpc) is 2.46. The summed E-state index contributed by atoms with van der Waals surface area (Å²) >= 11 is 5.81. The minimum atomic E-state index is 0.270. The van der Waals surface area contributed by atoms with Crippen LogP contribution in [-0.4, -0.2) is 0 Å². The lowest BCUT2D eigenvalue weighted by Gasteiger charge is -1.89. The second kappa shape index (κ2) is 3.38. The van der Waals surface area contributed by atoms with Crippen LogP contribution < -0.4 is 5.90 Å². The van der Waals surface area contributed by atoms with Gasteiger partial charge in [-0.25, -0.2) is 5.90 Å². The molecule has 0 bridgehead atoms. The third-order valence-electron chi connectivity index (χ3n) is 1.75. The SMILES string of the molecule is NOCc1cc2cc(Cl)ccc2o1. The third kappa shape index (κ3) is 1.67. The maximum Gasteiger partial charge on any atom is 0.134 e. The molecule has 0 fully saturated rings. The van der Waals surface area contributed by atoms with Crippen molar-refractivity contribution in [2.24, 2.45) is 5.90 Å². The van der Waals surface area contributed by atoms with E-state index in [1.807, 2.05) is 18.2 Å².